The van der Waals surface area contributed by atoms with Gasteiger partial charge in [-0.05, 0) is 24.2 Å². The first kappa shape index (κ1) is 10.4. The summed E-state index contributed by atoms with van der Waals surface area (Å²) < 4.78 is 11.6. The van der Waals surface area contributed by atoms with Crippen molar-refractivity contribution >= 4 is 0 Å². The van der Waals surface area contributed by atoms with Gasteiger partial charge in [0.05, 0.1) is 13.2 Å². The van der Waals surface area contributed by atoms with E-state index in [1.54, 1.807) is 0 Å². The Labute approximate surface area is 87.0 Å². The fourth-order valence-electron chi connectivity index (χ4n) is 2.70. The first-order valence-electron chi connectivity index (χ1n) is 5.80. The summed E-state index contributed by atoms with van der Waals surface area (Å²) in [5, 5.41) is 0. The van der Waals surface area contributed by atoms with Crippen LogP contribution in [0.3, 0.4) is 0 Å². The van der Waals surface area contributed by atoms with Crippen LogP contribution >= 0.6 is 0 Å². The second-order valence-corrected chi connectivity index (χ2v) is 5.77. The monoisotopic (exact) mass is 198 g/mol. The van der Waals surface area contributed by atoms with Crippen LogP contribution in [0.15, 0.2) is 0 Å². The average Bonchev–Trinajstić information content (AvgIpc) is 2.52. The molecule has 1 saturated heterocycles. The van der Waals surface area contributed by atoms with Gasteiger partial charge in [-0.2, -0.15) is 0 Å². The maximum Gasteiger partial charge on any atom is 0.168 e. The largest absolute Gasteiger partial charge is 0.348 e. The number of ether oxygens (including phenoxy) is 2. The minimum atomic E-state index is -0.198. The van der Waals surface area contributed by atoms with Crippen LogP contribution in [0.1, 0.15) is 46.5 Å². The van der Waals surface area contributed by atoms with Crippen molar-refractivity contribution in [1.82, 2.24) is 0 Å². The van der Waals surface area contributed by atoms with E-state index in [-0.39, 0.29) is 5.79 Å². The summed E-state index contributed by atoms with van der Waals surface area (Å²) >= 11 is 0. The van der Waals surface area contributed by atoms with E-state index in [1.807, 2.05) is 0 Å². The summed E-state index contributed by atoms with van der Waals surface area (Å²) in [4.78, 5) is 0. The van der Waals surface area contributed by atoms with Gasteiger partial charge in [0.2, 0.25) is 0 Å². The third-order valence-electron chi connectivity index (χ3n) is 3.71. The van der Waals surface area contributed by atoms with Gasteiger partial charge in [0, 0.05) is 12.8 Å². The zero-order valence-electron chi connectivity index (χ0n) is 9.64. The van der Waals surface area contributed by atoms with Gasteiger partial charge in [0.25, 0.3) is 0 Å². The predicted octanol–water partition coefficient (Wildman–Crippen LogP) is 2.97. The number of hydrogen-bond acceptors (Lipinski definition) is 2. The maximum atomic E-state index is 5.78. The molecule has 2 aliphatic rings. The van der Waals surface area contributed by atoms with Crippen LogP contribution in [-0.2, 0) is 9.47 Å². The van der Waals surface area contributed by atoms with Crippen molar-refractivity contribution in [1.29, 1.82) is 0 Å². The second-order valence-electron chi connectivity index (χ2n) is 5.77. The van der Waals surface area contributed by atoms with Crippen molar-refractivity contribution in [3.63, 3.8) is 0 Å². The molecule has 0 unspecified atom stereocenters. The zero-order valence-corrected chi connectivity index (χ0v) is 9.64. The fourth-order valence-corrected chi connectivity index (χ4v) is 2.70. The number of rotatable bonds is 0. The Morgan fingerprint density at radius 3 is 2.36 bits per heavy atom. The molecule has 0 N–H and O–H groups in total. The quantitative estimate of drug-likeness (QED) is 0.596. The van der Waals surface area contributed by atoms with Crippen LogP contribution in [0, 0.1) is 11.3 Å². The molecule has 0 aromatic carbocycles. The highest BCUT2D eigenvalue weighted by Gasteiger charge is 2.44. The first-order chi connectivity index (χ1) is 6.52. The van der Waals surface area contributed by atoms with Gasteiger partial charge in [-0.1, -0.05) is 20.8 Å². The second kappa shape index (κ2) is 3.49. The van der Waals surface area contributed by atoms with Crippen molar-refractivity contribution in [2.75, 3.05) is 13.2 Å². The summed E-state index contributed by atoms with van der Waals surface area (Å²) in [6, 6.07) is 0. The lowest BCUT2D eigenvalue weighted by molar-refractivity contribution is -0.194. The molecule has 0 aromatic heterocycles. The molecule has 0 amide bonds. The third kappa shape index (κ3) is 1.96. The van der Waals surface area contributed by atoms with Crippen molar-refractivity contribution in [3.05, 3.63) is 0 Å². The molecule has 1 heterocycles. The number of hydrogen-bond donors (Lipinski definition) is 0. The average molecular weight is 198 g/mol. The van der Waals surface area contributed by atoms with E-state index < -0.39 is 0 Å². The molecule has 1 atom stereocenters. The topological polar surface area (TPSA) is 18.5 Å². The molecule has 2 heteroatoms. The molecule has 2 nitrogen and oxygen atoms in total. The lowest BCUT2D eigenvalue weighted by Gasteiger charge is -2.41. The molecule has 1 saturated carbocycles. The molecule has 14 heavy (non-hydrogen) atoms. The normalized spacial score (nSPS) is 32.4. The Kier molecular flexibility index (Phi) is 2.61. The minimum Gasteiger partial charge on any atom is -0.348 e. The zero-order chi connectivity index (χ0) is 10.2. The van der Waals surface area contributed by atoms with Gasteiger partial charge in [-0.3, -0.25) is 0 Å². The van der Waals surface area contributed by atoms with E-state index in [4.69, 9.17) is 9.47 Å². The van der Waals surface area contributed by atoms with Crippen LogP contribution < -0.4 is 0 Å². The summed E-state index contributed by atoms with van der Waals surface area (Å²) in [6.45, 7) is 8.55. The Morgan fingerprint density at radius 1 is 1.14 bits per heavy atom. The highest BCUT2D eigenvalue weighted by molar-refractivity contribution is 4.88. The molecule has 82 valence electrons. The summed E-state index contributed by atoms with van der Waals surface area (Å²) in [6.07, 6.45) is 4.77. The SMILES string of the molecule is CC(C)(C)[C@H]1CCCC2(C1)OCCO2. The highest BCUT2D eigenvalue weighted by atomic mass is 16.7. The lowest BCUT2D eigenvalue weighted by Crippen LogP contribution is -2.40. The minimum absolute atomic E-state index is 0.198. The molecular weight excluding hydrogens is 176 g/mol. The Morgan fingerprint density at radius 2 is 1.79 bits per heavy atom. The third-order valence-corrected chi connectivity index (χ3v) is 3.71. The van der Waals surface area contributed by atoms with E-state index in [2.05, 4.69) is 20.8 Å². The summed E-state index contributed by atoms with van der Waals surface area (Å²) in [7, 11) is 0. The van der Waals surface area contributed by atoms with Crippen LogP contribution in [0.5, 0.6) is 0 Å². The summed E-state index contributed by atoms with van der Waals surface area (Å²) in [5.74, 6) is 0.547. The Bertz CT molecular complexity index is 199. The Hall–Kier alpha value is -0.0800. The molecular formula is C12H22O2. The van der Waals surface area contributed by atoms with E-state index in [1.165, 1.54) is 12.8 Å². The molecule has 1 spiro atoms. The highest BCUT2D eigenvalue weighted by Crippen LogP contribution is 2.45. The van der Waals surface area contributed by atoms with Gasteiger partial charge < -0.3 is 9.47 Å². The molecule has 0 aromatic rings. The van der Waals surface area contributed by atoms with Gasteiger partial charge >= 0.3 is 0 Å². The van der Waals surface area contributed by atoms with Crippen LogP contribution in [0.4, 0.5) is 0 Å². The lowest BCUT2D eigenvalue weighted by atomic mass is 9.70. The van der Waals surface area contributed by atoms with Crippen molar-refractivity contribution < 1.29 is 9.47 Å². The smallest absolute Gasteiger partial charge is 0.168 e. The Balaban J connectivity index is 2.03. The van der Waals surface area contributed by atoms with Gasteiger partial charge in [-0.15, -0.1) is 0 Å². The predicted molar refractivity (Wildman–Crippen MR) is 56.0 cm³/mol. The maximum absolute atomic E-state index is 5.78. The van der Waals surface area contributed by atoms with Gasteiger partial charge in [0.1, 0.15) is 0 Å². The molecule has 0 bridgehead atoms. The first-order valence-corrected chi connectivity index (χ1v) is 5.80. The molecule has 2 rings (SSSR count). The summed E-state index contributed by atoms with van der Waals surface area (Å²) in [5.41, 5.74) is 0.392. The molecule has 2 fully saturated rings. The van der Waals surface area contributed by atoms with Gasteiger partial charge in [0.15, 0.2) is 5.79 Å². The van der Waals surface area contributed by atoms with Crippen LogP contribution in [-0.4, -0.2) is 19.0 Å². The van der Waals surface area contributed by atoms with Crippen LogP contribution in [0.25, 0.3) is 0 Å². The van der Waals surface area contributed by atoms with E-state index in [9.17, 15) is 0 Å². The molecule has 1 aliphatic heterocycles. The standard InChI is InChI=1S/C12H22O2/c1-11(2,3)10-5-4-6-12(9-10)13-7-8-14-12/h10H,4-9H2,1-3H3/t10-/m0/s1. The van der Waals surface area contributed by atoms with Gasteiger partial charge in [-0.25, -0.2) is 0 Å². The van der Waals surface area contributed by atoms with Crippen molar-refractivity contribution in [3.8, 4) is 0 Å². The fraction of sp³-hybridized carbons (Fsp3) is 1.00. The van der Waals surface area contributed by atoms with E-state index >= 15 is 0 Å². The van der Waals surface area contributed by atoms with Crippen LogP contribution in [0.2, 0.25) is 0 Å². The molecule has 0 radical (unpaired) electrons. The van der Waals surface area contributed by atoms with Crippen molar-refractivity contribution in [2.24, 2.45) is 11.3 Å². The van der Waals surface area contributed by atoms with E-state index in [0.29, 0.717) is 5.41 Å². The van der Waals surface area contributed by atoms with Crippen molar-refractivity contribution in [2.45, 2.75) is 52.2 Å². The molecule has 1 aliphatic carbocycles. The van der Waals surface area contributed by atoms with E-state index in [0.717, 1.165) is 32.0 Å².